The summed E-state index contributed by atoms with van der Waals surface area (Å²) in [7, 11) is 1.71. The van der Waals surface area contributed by atoms with Crippen LogP contribution in [0.1, 0.15) is 65.7 Å². The second kappa shape index (κ2) is 7.95. The van der Waals surface area contributed by atoms with Gasteiger partial charge in [0.25, 0.3) is 0 Å². The van der Waals surface area contributed by atoms with Gasteiger partial charge in [0.2, 0.25) is 0 Å². The molecule has 2 atom stereocenters. The fourth-order valence-electron chi connectivity index (χ4n) is 8.39. The molecule has 2 aromatic carbocycles. The van der Waals surface area contributed by atoms with E-state index in [1.807, 2.05) is 11.1 Å². The Morgan fingerprint density at radius 1 is 0.625 bits per heavy atom. The van der Waals surface area contributed by atoms with E-state index in [9.17, 15) is 0 Å². The van der Waals surface area contributed by atoms with E-state index >= 15 is 0 Å². The molecule has 6 heteroatoms. The SMILES string of the molecule is CC1=Cc2c(C)ccc(C)c2[CH]1[Hf]([CH3])([CH3])([CH]1C(C)=Cc2c(C)ccc(C)c21)=[Si]1[SiH2][SiH2][SiH2][SiH2]1. The standard InChI is InChI=1S/2C12H13.2CH3.Hf.H8Si5/c2*1-8-6-11-9(2)4-5-10(3)12(11)7-8;;;;1-2-4-5-3-1/h2*4-7H,1-3H3;2*1H3;;1-4H2. The minimum atomic E-state index is -3.43. The average Bonchev–Trinajstić information content (AvgIpc) is 3.46. The molecule has 1 fully saturated rings. The predicted molar refractivity (Wildman–Crippen MR) is 156 cm³/mol. The molecule has 5 rings (SSSR count). The van der Waals surface area contributed by atoms with E-state index in [1.165, 1.54) is 11.1 Å². The van der Waals surface area contributed by atoms with Crippen molar-refractivity contribution in [2.75, 3.05) is 0 Å². The van der Waals surface area contributed by atoms with Gasteiger partial charge in [0, 0.05) is 0 Å². The second-order valence-corrected chi connectivity index (χ2v) is 112. The van der Waals surface area contributed by atoms with E-state index in [4.69, 9.17) is 0 Å². The molecule has 2 unspecified atom stereocenters. The first-order valence-corrected chi connectivity index (χ1v) is 47.5. The van der Waals surface area contributed by atoms with Crippen LogP contribution in [0.25, 0.3) is 12.2 Å². The molecule has 0 amide bonds. The molecule has 1 aliphatic heterocycles. The zero-order valence-corrected chi connectivity index (χ0v) is 31.7. The summed E-state index contributed by atoms with van der Waals surface area (Å²) >= 11 is -3.43. The van der Waals surface area contributed by atoms with Gasteiger partial charge in [-0.05, 0) is 0 Å². The molecule has 2 aliphatic carbocycles. The number of benzene rings is 2. The van der Waals surface area contributed by atoms with Crippen LogP contribution in [0.15, 0.2) is 35.4 Å². The molecule has 1 heterocycles. The number of rotatable bonds is 2. The van der Waals surface area contributed by atoms with Crippen molar-refractivity contribution in [1.29, 1.82) is 0 Å². The van der Waals surface area contributed by atoms with E-state index in [2.05, 4.69) is 87.3 Å². The van der Waals surface area contributed by atoms with Crippen LogP contribution in [0, 0.1) is 27.7 Å². The van der Waals surface area contributed by atoms with Crippen molar-refractivity contribution in [2.24, 2.45) is 0 Å². The Morgan fingerprint density at radius 3 is 1.41 bits per heavy atom. The first kappa shape index (κ1) is 23.6. The van der Waals surface area contributed by atoms with Crippen LogP contribution in [0.5, 0.6) is 0 Å². The van der Waals surface area contributed by atoms with E-state index < -0.39 is 17.1 Å². The molecule has 0 nitrogen and oxygen atoms in total. The predicted octanol–water partition coefficient (Wildman–Crippen LogP) is 3.74. The molecule has 32 heavy (non-hydrogen) atoms. The Labute approximate surface area is 204 Å². The zero-order valence-electron chi connectivity index (χ0n) is 21.4. The monoisotopic (exact) mass is 672 g/mol. The maximum atomic E-state index is 3.07. The van der Waals surface area contributed by atoms with Crippen LogP contribution >= 0.6 is 0 Å². The summed E-state index contributed by atoms with van der Waals surface area (Å²) in [6.07, 6.45) is 5.30. The van der Waals surface area contributed by atoms with Crippen molar-refractivity contribution in [2.45, 2.75) is 58.3 Å². The number of aryl methyl sites for hydroxylation is 4. The van der Waals surface area contributed by atoms with Crippen molar-refractivity contribution in [3.8, 4) is 0 Å². The van der Waals surface area contributed by atoms with E-state index in [-0.39, 0.29) is 4.53 Å². The summed E-state index contributed by atoms with van der Waals surface area (Å²) < 4.78 is 7.81. The van der Waals surface area contributed by atoms with Gasteiger partial charge in [0.15, 0.2) is 0 Å². The third-order valence-corrected chi connectivity index (χ3v) is 245. The van der Waals surface area contributed by atoms with Crippen LogP contribution in [-0.2, 0) is 17.1 Å². The number of hydrogen-bond acceptors (Lipinski definition) is 0. The van der Waals surface area contributed by atoms with E-state index in [1.54, 1.807) is 33.4 Å². The Kier molecular flexibility index (Phi) is 5.87. The maximum absolute atomic E-state index is 3.43. The van der Waals surface area contributed by atoms with Gasteiger partial charge in [0.1, 0.15) is 0 Å². The molecule has 0 bridgehead atoms. The molecular weight excluding hydrogens is 631 g/mol. The zero-order chi connectivity index (χ0) is 23.0. The molecule has 0 saturated carbocycles. The molecule has 1 saturated heterocycles. The molecule has 168 valence electrons. The van der Waals surface area contributed by atoms with E-state index in [0.29, 0.717) is 34.2 Å². The molecule has 2 aromatic rings. The van der Waals surface area contributed by atoms with Crippen LogP contribution in [-0.4, -0.2) is 38.7 Å². The molecule has 0 N–H and O–H groups in total. The van der Waals surface area contributed by atoms with Gasteiger partial charge in [-0.2, -0.15) is 0 Å². The van der Waals surface area contributed by atoms with Gasteiger partial charge in [-0.15, -0.1) is 0 Å². The Morgan fingerprint density at radius 2 is 1.00 bits per heavy atom. The Balaban J connectivity index is 1.91. The molecule has 3 aliphatic rings. The topological polar surface area (TPSA) is 0 Å². The number of fused-ring (bicyclic) bond motifs is 2. The van der Waals surface area contributed by atoms with Crippen molar-refractivity contribution in [3.05, 3.63) is 79.9 Å². The van der Waals surface area contributed by atoms with Gasteiger partial charge in [-0.1, -0.05) is 0 Å². The Bertz CT molecular complexity index is 1210. The minimum absolute atomic E-state index is 0.0189. The number of allylic oxidation sites excluding steroid dienone is 2. The van der Waals surface area contributed by atoms with Gasteiger partial charge >= 0.3 is 206 Å². The number of hydrogen-bond donors (Lipinski definition) is 0. The first-order chi connectivity index (χ1) is 15.0. The third kappa shape index (κ3) is 3.15. The van der Waals surface area contributed by atoms with Crippen molar-refractivity contribution in [1.82, 2.24) is 0 Å². The summed E-state index contributed by atoms with van der Waals surface area (Å²) in [4.78, 5) is 0. The van der Waals surface area contributed by atoms with Crippen molar-refractivity contribution in [3.63, 3.8) is 0 Å². The van der Waals surface area contributed by atoms with Crippen LogP contribution in [0.3, 0.4) is 0 Å². The molecule has 0 spiro atoms. The van der Waals surface area contributed by atoms with Crippen molar-refractivity contribution < 1.29 is 17.1 Å². The van der Waals surface area contributed by atoms with Gasteiger partial charge < -0.3 is 0 Å². The fraction of sp³-hybridized carbons (Fsp3) is 0.385. The van der Waals surface area contributed by atoms with Gasteiger partial charge in [-0.25, -0.2) is 0 Å². The van der Waals surface area contributed by atoms with Crippen LogP contribution in [0.4, 0.5) is 0 Å². The van der Waals surface area contributed by atoms with Gasteiger partial charge in [0.05, 0.1) is 0 Å². The Hall–Kier alpha value is -0.125. The quantitative estimate of drug-likeness (QED) is 0.428. The van der Waals surface area contributed by atoms with Crippen molar-refractivity contribution >= 4 is 50.9 Å². The van der Waals surface area contributed by atoms with Gasteiger partial charge in [-0.3, -0.25) is 0 Å². The summed E-state index contributed by atoms with van der Waals surface area (Å²) in [6.45, 7) is 14.7. The van der Waals surface area contributed by atoms with Crippen LogP contribution < -0.4 is 0 Å². The second-order valence-electron chi connectivity index (χ2n) is 12.1. The summed E-state index contributed by atoms with van der Waals surface area (Å²) in [5, 5.41) is 0. The molecular formula is C26H40HfSi5. The first-order valence-electron chi connectivity index (χ1n) is 12.7. The third-order valence-electron chi connectivity index (χ3n) is 9.78. The summed E-state index contributed by atoms with van der Waals surface area (Å²) in [5.41, 5.74) is 16.6. The summed E-state index contributed by atoms with van der Waals surface area (Å²) in [5.74, 6) is 0. The molecule has 0 aromatic heterocycles. The van der Waals surface area contributed by atoms with E-state index in [0.717, 1.165) is 7.35 Å². The molecule has 0 radical (unpaired) electrons. The summed E-state index contributed by atoms with van der Waals surface area (Å²) in [6, 6.07) is 9.67. The fourth-order valence-corrected chi connectivity index (χ4v) is 507. The van der Waals surface area contributed by atoms with Crippen LogP contribution in [0.2, 0.25) is 9.36 Å². The normalized spacial score (nSPS) is 25.7. The average molecular weight is 672 g/mol.